The Labute approximate surface area is 125 Å². The summed E-state index contributed by atoms with van der Waals surface area (Å²) in [6, 6.07) is 4.32. The summed E-state index contributed by atoms with van der Waals surface area (Å²) in [5.74, 6) is -0.132. The summed E-state index contributed by atoms with van der Waals surface area (Å²) < 4.78 is 31.2. The van der Waals surface area contributed by atoms with E-state index in [9.17, 15) is 13.2 Å². The van der Waals surface area contributed by atoms with Crippen molar-refractivity contribution in [2.45, 2.75) is 37.6 Å². The van der Waals surface area contributed by atoms with Gasteiger partial charge < -0.3 is 10.1 Å². The predicted octanol–water partition coefficient (Wildman–Crippen LogP) is 1.52. The van der Waals surface area contributed by atoms with Crippen molar-refractivity contribution in [3.8, 4) is 5.75 Å². The molecule has 21 heavy (non-hydrogen) atoms. The van der Waals surface area contributed by atoms with Crippen LogP contribution in [0.25, 0.3) is 0 Å². The highest BCUT2D eigenvalue weighted by molar-refractivity contribution is 7.89. The van der Waals surface area contributed by atoms with Crippen LogP contribution in [0.2, 0.25) is 0 Å². The molecule has 1 rings (SSSR count). The summed E-state index contributed by atoms with van der Waals surface area (Å²) in [6.07, 6.45) is 0.760. The SMILES string of the molecule is CCC(C)(C)NC(=O)c1ccc(OC)c(S(=O)(=O)NC)c1. The molecule has 0 bridgehead atoms. The van der Waals surface area contributed by atoms with E-state index in [0.29, 0.717) is 0 Å². The first-order valence-corrected chi connectivity index (χ1v) is 8.09. The van der Waals surface area contributed by atoms with Gasteiger partial charge in [-0.05, 0) is 45.5 Å². The molecular weight excluding hydrogens is 292 g/mol. The van der Waals surface area contributed by atoms with E-state index in [0.717, 1.165) is 6.42 Å². The second-order valence-corrected chi connectivity index (χ2v) is 7.12. The Morgan fingerprint density at radius 1 is 1.33 bits per heavy atom. The zero-order chi connectivity index (χ0) is 16.3. The third-order valence-electron chi connectivity index (χ3n) is 3.32. The molecule has 0 spiro atoms. The van der Waals surface area contributed by atoms with E-state index >= 15 is 0 Å². The standard InChI is InChI=1S/C14H22N2O4S/c1-6-14(2,3)16-13(17)10-7-8-11(20-5)12(9-10)21(18,19)15-4/h7-9,15H,6H2,1-5H3,(H,16,17). The molecular formula is C14H22N2O4S. The summed E-state index contributed by atoms with van der Waals surface area (Å²) in [5, 5.41) is 2.86. The lowest BCUT2D eigenvalue weighted by atomic mass is 10.0. The fraction of sp³-hybridized carbons (Fsp3) is 0.500. The van der Waals surface area contributed by atoms with E-state index in [2.05, 4.69) is 10.0 Å². The average Bonchev–Trinajstić information content (AvgIpc) is 2.46. The van der Waals surface area contributed by atoms with Gasteiger partial charge in [0.05, 0.1) is 7.11 Å². The number of carbonyl (C=O) groups is 1. The monoisotopic (exact) mass is 314 g/mol. The summed E-state index contributed by atoms with van der Waals surface area (Å²) in [4.78, 5) is 12.2. The van der Waals surface area contributed by atoms with Crippen molar-refractivity contribution < 1.29 is 17.9 Å². The first kappa shape index (κ1) is 17.5. The number of benzene rings is 1. The highest BCUT2D eigenvalue weighted by Gasteiger charge is 2.23. The molecule has 0 radical (unpaired) electrons. The largest absolute Gasteiger partial charge is 0.495 e. The second-order valence-electron chi connectivity index (χ2n) is 5.26. The van der Waals surface area contributed by atoms with Gasteiger partial charge in [0.1, 0.15) is 10.6 Å². The maximum atomic E-state index is 12.2. The van der Waals surface area contributed by atoms with Gasteiger partial charge >= 0.3 is 0 Å². The number of amides is 1. The van der Waals surface area contributed by atoms with Gasteiger partial charge in [-0.2, -0.15) is 0 Å². The molecule has 6 nitrogen and oxygen atoms in total. The molecule has 1 aromatic carbocycles. The lowest BCUT2D eigenvalue weighted by molar-refractivity contribution is 0.0911. The Bertz CT molecular complexity index is 624. The van der Waals surface area contributed by atoms with Gasteiger partial charge in [-0.3, -0.25) is 4.79 Å². The Kier molecular flexibility index (Phi) is 5.36. The smallest absolute Gasteiger partial charge is 0.251 e. The number of hydrogen-bond donors (Lipinski definition) is 2. The zero-order valence-corrected chi connectivity index (χ0v) is 13.8. The molecule has 0 aliphatic heterocycles. The van der Waals surface area contributed by atoms with Crippen LogP contribution in [0.5, 0.6) is 5.75 Å². The first-order chi connectivity index (χ1) is 9.66. The quantitative estimate of drug-likeness (QED) is 0.834. The third kappa shape index (κ3) is 4.18. The highest BCUT2D eigenvalue weighted by atomic mass is 32.2. The minimum absolute atomic E-state index is 0.0607. The molecule has 0 aliphatic rings. The van der Waals surface area contributed by atoms with Gasteiger partial charge in [-0.1, -0.05) is 6.92 Å². The lowest BCUT2D eigenvalue weighted by Gasteiger charge is -2.24. The third-order valence-corrected chi connectivity index (χ3v) is 4.76. The summed E-state index contributed by atoms with van der Waals surface area (Å²) >= 11 is 0. The van der Waals surface area contributed by atoms with E-state index in [4.69, 9.17) is 4.74 Å². The van der Waals surface area contributed by atoms with E-state index < -0.39 is 10.0 Å². The van der Waals surface area contributed by atoms with Gasteiger partial charge in [0, 0.05) is 11.1 Å². The van der Waals surface area contributed by atoms with Crippen molar-refractivity contribution in [2.75, 3.05) is 14.2 Å². The Hall–Kier alpha value is -1.60. The molecule has 1 amide bonds. The van der Waals surface area contributed by atoms with E-state index in [1.807, 2.05) is 20.8 Å². The lowest BCUT2D eigenvalue weighted by Crippen LogP contribution is -2.42. The van der Waals surface area contributed by atoms with Crippen LogP contribution < -0.4 is 14.8 Å². The summed E-state index contributed by atoms with van der Waals surface area (Å²) in [7, 11) is -1.02. The van der Waals surface area contributed by atoms with Crippen LogP contribution >= 0.6 is 0 Å². The topological polar surface area (TPSA) is 84.5 Å². The molecule has 0 atom stereocenters. The maximum Gasteiger partial charge on any atom is 0.251 e. The van der Waals surface area contributed by atoms with Gasteiger partial charge in [-0.25, -0.2) is 13.1 Å². The number of carbonyl (C=O) groups excluding carboxylic acids is 1. The predicted molar refractivity (Wildman–Crippen MR) is 81.1 cm³/mol. The Morgan fingerprint density at radius 3 is 2.43 bits per heavy atom. The number of hydrogen-bond acceptors (Lipinski definition) is 4. The number of rotatable bonds is 6. The molecule has 0 heterocycles. The van der Waals surface area contributed by atoms with E-state index in [1.165, 1.54) is 32.4 Å². The van der Waals surface area contributed by atoms with E-state index in [-0.39, 0.29) is 27.7 Å². The van der Waals surface area contributed by atoms with E-state index in [1.54, 1.807) is 0 Å². The first-order valence-electron chi connectivity index (χ1n) is 6.61. The van der Waals surface area contributed by atoms with Crippen molar-refractivity contribution in [2.24, 2.45) is 0 Å². The van der Waals surface area contributed by atoms with Crippen molar-refractivity contribution in [1.29, 1.82) is 0 Å². The summed E-state index contributed by atoms with van der Waals surface area (Å²) in [6.45, 7) is 5.77. The van der Waals surface area contributed by atoms with Crippen LogP contribution in [-0.4, -0.2) is 34.0 Å². The van der Waals surface area contributed by atoms with Crippen molar-refractivity contribution in [3.05, 3.63) is 23.8 Å². The second kappa shape index (κ2) is 6.44. The highest BCUT2D eigenvalue weighted by Crippen LogP contribution is 2.25. The molecule has 0 saturated carbocycles. The fourth-order valence-electron chi connectivity index (χ4n) is 1.61. The van der Waals surface area contributed by atoms with Crippen LogP contribution in [0.3, 0.4) is 0 Å². The molecule has 1 aromatic rings. The maximum absolute atomic E-state index is 12.2. The zero-order valence-electron chi connectivity index (χ0n) is 13.0. The van der Waals surface area contributed by atoms with Crippen LogP contribution in [0.1, 0.15) is 37.6 Å². The molecule has 0 saturated heterocycles. The van der Waals surface area contributed by atoms with Gasteiger partial charge in [0.2, 0.25) is 10.0 Å². The van der Waals surface area contributed by atoms with Crippen LogP contribution in [0.15, 0.2) is 23.1 Å². The van der Waals surface area contributed by atoms with Crippen LogP contribution in [0, 0.1) is 0 Å². The van der Waals surface area contributed by atoms with Gasteiger partial charge in [0.25, 0.3) is 5.91 Å². The minimum Gasteiger partial charge on any atom is -0.495 e. The van der Waals surface area contributed by atoms with Crippen molar-refractivity contribution >= 4 is 15.9 Å². The number of ether oxygens (including phenoxy) is 1. The molecule has 2 N–H and O–H groups in total. The Balaban J connectivity index is 3.23. The van der Waals surface area contributed by atoms with Crippen LogP contribution in [-0.2, 0) is 10.0 Å². The average molecular weight is 314 g/mol. The van der Waals surface area contributed by atoms with Crippen molar-refractivity contribution in [1.82, 2.24) is 10.0 Å². The normalized spacial score (nSPS) is 12.0. The fourth-order valence-corrected chi connectivity index (χ4v) is 2.52. The molecule has 118 valence electrons. The van der Waals surface area contributed by atoms with Gasteiger partial charge in [-0.15, -0.1) is 0 Å². The molecule has 0 aromatic heterocycles. The minimum atomic E-state index is -3.70. The summed E-state index contributed by atoms with van der Waals surface area (Å²) in [5.41, 5.74) is -0.0925. The number of sulfonamides is 1. The molecule has 0 fully saturated rings. The van der Waals surface area contributed by atoms with Crippen LogP contribution in [0.4, 0.5) is 0 Å². The molecule has 0 unspecified atom stereocenters. The van der Waals surface area contributed by atoms with Crippen molar-refractivity contribution in [3.63, 3.8) is 0 Å². The number of methoxy groups -OCH3 is 1. The Morgan fingerprint density at radius 2 is 1.95 bits per heavy atom. The number of nitrogens with one attached hydrogen (secondary N) is 2. The molecule has 7 heteroatoms. The molecule has 0 aliphatic carbocycles. The van der Waals surface area contributed by atoms with Gasteiger partial charge in [0.15, 0.2) is 0 Å².